The van der Waals surface area contributed by atoms with Gasteiger partial charge in [0.25, 0.3) is 0 Å². The second-order valence-electron chi connectivity index (χ2n) is 23.4. The van der Waals surface area contributed by atoms with E-state index in [1.54, 1.807) is 13.8 Å². The first-order valence-corrected chi connectivity index (χ1v) is 27.1. The fourth-order valence-electron chi connectivity index (χ4n) is 8.38. The summed E-state index contributed by atoms with van der Waals surface area (Å²) in [4.78, 5) is 125. The maximum atomic E-state index is 14.1. The highest BCUT2D eigenvalue weighted by molar-refractivity contribution is 6.00. The summed E-state index contributed by atoms with van der Waals surface area (Å²) in [6, 6.07) is -5.39. The Balaban J connectivity index is 3.20. The van der Waals surface area contributed by atoms with Crippen LogP contribution in [0.3, 0.4) is 0 Å². The van der Waals surface area contributed by atoms with Gasteiger partial charge in [-0.2, -0.15) is 0 Å². The number of hydrogen-bond acceptors (Lipinski definition) is 12. The third kappa shape index (κ3) is 24.6. The van der Waals surface area contributed by atoms with Crippen molar-refractivity contribution in [3.8, 4) is 0 Å². The number of nitrogens with one attached hydrogen (secondary N) is 10. The van der Waals surface area contributed by atoms with Gasteiger partial charge in [0, 0.05) is 25.6 Å². The Labute approximate surface area is 442 Å². The van der Waals surface area contributed by atoms with Gasteiger partial charge in [0.05, 0.1) is 12.1 Å². The van der Waals surface area contributed by atoms with Gasteiger partial charge >= 0.3 is 0 Å². The van der Waals surface area contributed by atoms with Crippen molar-refractivity contribution in [2.24, 2.45) is 17.8 Å². The second kappa shape index (κ2) is 31.9. The minimum atomic E-state index is -1.71. The van der Waals surface area contributed by atoms with Gasteiger partial charge in [0.15, 0.2) is 0 Å². The molecule has 0 aliphatic carbocycles. The highest BCUT2D eigenvalue weighted by Gasteiger charge is 2.41. The number of carbonyl (C=O) groups is 9. The lowest BCUT2D eigenvalue weighted by molar-refractivity contribution is -0.140. The summed E-state index contributed by atoms with van der Waals surface area (Å²) in [6.07, 6.45) is 6.44. The summed E-state index contributed by atoms with van der Waals surface area (Å²) < 4.78 is 0. The van der Waals surface area contributed by atoms with E-state index in [-0.39, 0.29) is 55.5 Å². The molecule has 74 heavy (non-hydrogen) atoms. The zero-order valence-corrected chi connectivity index (χ0v) is 47.9. The maximum Gasteiger partial charge on any atom is 0.246 e. The molecule has 0 aromatic rings. The van der Waals surface area contributed by atoms with Crippen LogP contribution in [0.25, 0.3) is 0 Å². The minimum Gasteiger partial charge on any atom is -0.390 e. The van der Waals surface area contributed by atoms with E-state index in [0.717, 1.165) is 38.5 Å². The average Bonchev–Trinajstić information content (AvgIpc) is 3.82. The van der Waals surface area contributed by atoms with Gasteiger partial charge in [0.2, 0.25) is 53.2 Å². The molecule has 0 spiro atoms. The smallest absolute Gasteiger partial charge is 0.246 e. The van der Waals surface area contributed by atoms with Gasteiger partial charge in [-0.15, -0.1) is 0 Å². The molecule has 1 aliphatic heterocycles. The molecule has 1 rings (SSSR count). The molecule has 0 saturated carbocycles. The fourth-order valence-corrected chi connectivity index (χ4v) is 8.38. The lowest BCUT2D eigenvalue weighted by atomic mass is 9.95. The highest BCUT2D eigenvalue weighted by atomic mass is 16.3. The van der Waals surface area contributed by atoms with Gasteiger partial charge in [-0.3, -0.25) is 43.2 Å². The van der Waals surface area contributed by atoms with E-state index < -0.39 is 100 Å². The summed E-state index contributed by atoms with van der Waals surface area (Å²) in [5.41, 5.74) is -4.73. The number of amides is 9. The van der Waals surface area contributed by atoms with E-state index in [4.69, 9.17) is 0 Å². The summed E-state index contributed by atoms with van der Waals surface area (Å²) in [6.45, 7) is 24.8. The van der Waals surface area contributed by atoms with Crippen LogP contribution in [0.5, 0.6) is 0 Å². The summed E-state index contributed by atoms with van der Waals surface area (Å²) in [5, 5.41) is 39.1. The Bertz CT molecular complexity index is 1850. The monoisotopic (exact) mass is 1050 g/mol. The molecule has 0 aromatic heterocycles. The van der Waals surface area contributed by atoms with E-state index in [1.165, 1.54) is 41.5 Å². The van der Waals surface area contributed by atoms with Crippen LogP contribution in [0.4, 0.5) is 0 Å². The first-order valence-electron chi connectivity index (χ1n) is 27.1. The van der Waals surface area contributed by atoms with Crippen molar-refractivity contribution in [1.29, 1.82) is 0 Å². The van der Waals surface area contributed by atoms with Gasteiger partial charge < -0.3 is 63.2 Å². The Hall–Kier alpha value is -4.89. The van der Waals surface area contributed by atoms with Gasteiger partial charge in [-0.25, -0.2) is 0 Å². The molecule has 426 valence electrons. The molecule has 21 heteroatoms. The Kier molecular flexibility index (Phi) is 28.9. The molecule has 1 heterocycles. The Morgan fingerprint density at radius 3 is 1.68 bits per heavy atom. The molecule has 0 unspecified atom stereocenters. The van der Waals surface area contributed by atoms with Gasteiger partial charge in [-0.1, -0.05) is 87.0 Å². The largest absolute Gasteiger partial charge is 0.390 e. The van der Waals surface area contributed by atoms with Gasteiger partial charge in [-0.05, 0) is 119 Å². The van der Waals surface area contributed by atoms with Crippen LogP contribution in [0.15, 0.2) is 0 Å². The van der Waals surface area contributed by atoms with E-state index in [1.807, 2.05) is 53.6 Å². The van der Waals surface area contributed by atoms with Crippen molar-refractivity contribution in [1.82, 2.24) is 58.1 Å². The SMILES string of the molecule is CCCCCCCC[C@H](NC(=O)[C@@H]1CCCN1)C(=O)N[C@H](C(=O)NC(C)(C)C(=O)N[C@@H](CC(C)C)C(=O)N[C@@H](CC(C)C)C(=O)NC(C)(C)C(=O)NC(C)(C)C(=O)NCCC(=O)N[C@@H](C)CN(C)C)[C@H](O)C(C)C. The Morgan fingerprint density at radius 2 is 1.14 bits per heavy atom. The predicted octanol–water partition coefficient (Wildman–Crippen LogP) is 1.79. The fraction of sp³-hybridized carbons (Fsp3) is 0.830. The predicted molar refractivity (Wildman–Crippen MR) is 287 cm³/mol. The van der Waals surface area contributed by atoms with Crippen molar-refractivity contribution in [3.63, 3.8) is 0 Å². The number of rotatable bonds is 34. The van der Waals surface area contributed by atoms with E-state index in [2.05, 4.69) is 60.1 Å². The molecular formula is C53H99N11O10. The zero-order chi connectivity index (χ0) is 56.7. The third-order valence-electron chi connectivity index (χ3n) is 12.8. The number of unbranched alkanes of at least 4 members (excludes halogenated alkanes) is 5. The second-order valence-corrected chi connectivity index (χ2v) is 23.4. The molecular weight excluding hydrogens is 951 g/mol. The van der Waals surface area contributed by atoms with Crippen LogP contribution in [0.2, 0.25) is 0 Å². The van der Waals surface area contributed by atoms with Crippen LogP contribution in [0.1, 0.15) is 174 Å². The molecule has 0 aromatic carbocycles. The van der Waals surface area contributed by atoms with Crippen LogP contribution in [-0.4, -0.2) is 156 Å². The minimum absolute atomic E-state index is 0.0290. The molecule has 11 N–H and O–H groups in total. The first kappa shape index (κ1) is 67.1. The van der Waals surface area contributed by atoms with E-state index in [9.17, 15) is 48.3 Å². The molecule has 7 atom stereocenters. The summed E-state index contributed by atoms with van der Waals surface area (Å²) in [5.74, 6) is -6.19. The standard InChI is InChI=1S/C53H99N11O10/c1-17-18-19-20-21-22-24-37(57-43(67)36-25-23-27-54-36)44(68)60-41(42(66)34(6)7)47(71)62-52(11,12)49(73)59-38(29-32(2)3)45(69)58-39(30-33(4)5)46(70)61-53(13,14)50(74)63-51(9,10)48(72)55-28-26-40(65)56-35(8)31-64(15)16/h32-39,41-42,54,66H,17-31H2,1-16H3,(H,55,72)(H,56,65)(H,57,67)(H,58,69)(H,59,73)(H,60,68)(H,61,70)(H,62,71)(H,63,74)/t35-,36-,37-,38-,39-,41-,42+/m0/s1. The zero-order valence-electron chi connectivity index (χ0n) is 47.9. The molecule has 9 amide bonds. The van der Waals surface area contributed by atoms with Crippen LogP contribution >= 0.6 is 0 Å². The van der Waals surface area contributed by atoms with Crippen molar-refractivity contribution < 1.29 is 48.3 Å². The number of aliphatic hydroxyl groups is 1. The molecule has 0 radical (unpaired) electrons. The van der Waals surface area contributed by atoms with Crippen molar-refractivity contribution in [2.45, 2.75) is 233 Å². The highest BCUT2D eigenvalue weighted by Crippen LogP contribution is 2.17. The average molecular weight is 1050 g/mol. The molecule has 1 fully saturated rings. The van der Waals surface area contributed by atoms with Crippen LogP contribution in [-0.2, 0) is 43.2 Å². The Morgan fingerprint density at radius 1 is 0.608 bits per heavy atom. The molecule has 1 saturated heterocycles. The number of nitrogens with zero attached hydrogens (tertiary/aromatic N) is 1. The number of carbonyl (C=O) groups excluding carboxylic acids is 9. The molecule has 21 nitrogen and oxygen atoms in total. The topological polar surface area (TPSA) is 297 Å². The molecule has 1 aliphatic rings. The summed E-state index contributed by atoms with van der Waals surface area (Å²) in [7, 11) is 3.79. The molecule has 0 bridgehead atoms. The normalized spacial score (nSPS) is 16.6. The van der Waals surface area contributed by atoms with Crippen LogP contribution < -0.4 is 53.2 Å². The van der Waals surface area contributed by atoms with Crippen molar-refractivity contribution >= 4 is 53.2 Å². The third-order valence-corrected chi connectivity index (χ3v) is 12.8. The number of hydrogen-bond donors (Lipinski definition) is 11. The van der Waals surface area contributed by atoms with Crippen molar-refractivity contribution in [2.75, 3.05) is 33.7 Å². The lowest BCUT2D eigenvalue weighted by Crippen LogP contribution is -2.66. The van der Waals surface area contributed by atoms with E-state index in [0.29, 0.717) is 32.4 Å². The van der Waals surface area contributed by atoms with Crippen LogP contribution in [0, 0.1) is 17.8 Å². The quantitative estimate of drug-likeness (QED) is 0.0412. The van der Waals surface area contributed by atoms with Gasteiger partial charge in [0.1, 0.15) is 40.8 Å². The maximum absolute atomic E-state index is 14.1. The number of likely N-dealkylation sites (N-methyl/N-ethyl adjacent to an activating group) is 1. The number of aliphatic hydroxyl groups excluding tert-OH is 1. The lowest BCUT2D eigenvalue weighted by Gasteiger charge is -2.34. The summed E-state index contributed by atoms with van der Waals surface area (Å²) >= 11 is 0. The first-order chi connectivity index (χ1) is 34.2. The van der Waals surface area contributed by atoms with E-state index >= 15 is 0 Å². The van der Waals surface area contributed by atoms with Crippen molar-refractivity contribution in [3.05, 3.63) is 0 Å².